The van der Waals surface area contributed by atoms with Crippen LogP contribution in [-0.2, 0) is 22.4 Å². The fourth-order valence-corrected chi connectivity index (χ4v) is 3.37. The lowest BCUT2D eigenvalue weighted by Crippen LogP contribution is -2.21. The predicted molar refractivity (Wildman–Crippen MR) is 96.8 cm³/mol. The molecule has 0 amide bonds. The number of rotatable bonds is 7. The minimum Gasteiger partial charge on any atom is -0.493 e. The maximum atomic E-state index is 12.2. The molecule has 0 spiro atoms. The summed E-state index contributed by atoms with van der Waals surface area (Å²) in [5.41, 5.74) is 0.609. The summed E-state index contributed by atoms with van der Waals surface area (Å²) in [5.74, 6) is -1.56. The summed E-state index contributed by atoms with van der Waals surface area (Å²) >= 11 is 0. The van der Waals surface area contributed by atoms with Gasteiger partial charge < -0.3 is 23.7 Å². The summed E-state index contributed by atoms with van der Waals surface area (Å²) in [7, 11) is 3.10. The average Bonchev–Trinajstić information content (AvgIpc) is 3.00. The van der Waals surface area contributed by atoms with E-state index < -0.39 is 23.3 Å². The molecule has 0 aliphatic carbocycles. The molecule has 1 N–H and O–H groups in total. The lowest BCUT2D eigenvalue weighted by atomic mass is 9.85. The first-order valence-electron chi connectivity index (χ1n) is 8.66. The van der Waals surface area contributed by atoms with Gasteiger partial charge in [0, 0.05) is 12.0 Å². The van der Waals surface area contributed by atoms with Gasteiger partial charge in [-0.2, -0.15) is 0 Å². The van der Waals surface area contributed by atoms with Gasteiger partial charge in [0.2, 0.25) is 5.76 Å². The van der Waals surface area contributed by atoms with Crippen LogP contribution in [0, 0.1) is 11.8 Å². The van der Waals surface area contributed by atoms with Crippen molar-refractivity contribution in [2.45, 2.75) is 12.8 Å². The Kier molecular flexibility index (Phi) is 5.67. The Morgan fingerprint density at radius 3 is 2.50 bits per heavy atom. The van der Waals surface area contributed by atoms with Crippen LogP contribution in [0.4, 0.5) is 0 Å². The van der Waals surface area contributed by atoms with E-state index in [1.807, 2.05) is 12.1 Å². The van der Waals surface area contributed by atoms with Gasteiger partial charge in [0.15, 0.2) is 11.5 Å². The molecule has 1 saturated heterocycles. The molecule has 28 heavy (non-hydrogen) atoms. The molecule has 2 atom stereocenters. The van der Waals surface area contributed by atoms with Crippen molar-refractivity contribution in [3.8, 4) is 11.5 Å². The summed E-state index contributed by atoms with van der Waals surface area (Å²) < 4.78 is 20.4. The van der Waals surface area contributed by atoms with E-state index in [1.54, 1.807) is 20.3 Å². The highest BCUT2D eigenvalue weighted by Crippen LogP contribution is 2.32. The van der Waals surface area contributed by atoms with Gasteiger partial charge in [0.05, 0.1) is 26.7 Å². The van der Waals surface area contributed by atoms with Gasteiger partial charge in [-0.3, -0.25) is 4.79 Å². The zero-order chi connectivity index (χ0) is 20.3. The maximum Gasteiger partial charge on any atom is 0.371 e. The van der Waals surface area contributed by atoms with Crippen LogP contribution in [0.2, 0.25) is 0 Å². The summed E-state index contributed by atoms with van der Waals surface area (Å²) in [4.78, 5) is 34.9. The molecule has 2 unspecified atom stereocenters. The van der Waals surface area contributed by atoms with Gasteiger partial charge in [0.25, 0.3) is 0 Å². The summed E-state index contributed by atoms with van der Waals surface area (Å²) in [5, 5.41) is 9.04. The van der Waals surface area contributed by atoms with Crippen LogP contribution in [0.1, 0.15) is 21.7 Å². The van der Waals surface area contributed by atoms with Crippen molar-refractivity contribution in [3.63, 3.8) is 0 Å². The van der Waals surface area contributed by atoms with E-state index in [2.05, 4.69) is 4.42 Å². The molecule has 1 aliphatic heterocycles. The first-order chi connectivity index (χ1) is 13.4. The fraction of sp³-hybridized carbons (Fsp3) is 0.350. The Bertz CT molecular complexity index is 945. The van der Waals surface area contributed by atoms with Gasteiger partial charge >= 0.3 is 17.6 Å². The molecule has 2 heterocycles. The first-order valence-corrected chi connectivity index (χ1v) is 8.66. The molecule has 8 heteroatoms. The van der Waals surface area contributed by atoms with Crippen LogP contribution in [-0.4, -0.2) is 37.9 Å². The number of cyclic esters (lactones) is 1. The molecule has 0 bridgehead atoms. The number of esters is 1. The number of hydrogen-bond acceptors (Lipinski definition) is 7. The van der Waals surface area contributed by atoms with Crippen molar-refractivity contribution in [2.75, 3.05) is 20.8 Å². The van der Waals surface area contributed by atoms with Crippen molar-refractivity contribution >= 4 is 11.9 Å². The maximum absolute atomic E-state index is 12.2. The first kappa shape index (κ1) is 19.5. The zero-order valence-electron chi connectivity index (χ0n) is 15.5. The van der Waals surface area contributed by atoms with Gasteiger partial charge in [-0.1, -0.05) is 6.07 Å². The molecule has 3 rings (SSSR count). The minimum atomic E-state index is -1.34. The second kappa shape index (κ2) is 8.16. The zero-order valence-corrected chi connectivity index (χ0v) is 15.5. The van der Waals surface area contributed by atoms with E-state index in [0.29, 0.717) is 23.5 Å². The van der Waals surface area contributed by atoms with Gasteiger partial charge in [0.1, 0.15) is 0 Å². The molecular weight excluding hydrogens is 368 g/mol. The number of carbonyl (C=O) groups excluding carboxylic acids is 1. The monoisotopic (exact) mass is 388 g/mol. The Morgan fingerprint density at radius 1 is 1.07 bits per heavy atom. The van der Waals surface area contributed by atoms with Crippen molar-refractivity contribution in [2.24, 2.45) is 11.8 Å². The van der Waals surface area contributed by atoms with Gasteiger partial charge in [-0.15, -0.1) is 0 Å². The van der Waals surface area contributed by atoms with Crippen LogP contribution < -0.4 is 15.1 Å². The SMILES string of the molecule is COc1ccc(CC2COC(=O)C2Cc2cc(C(=O)O)oc(=O)c2)cc1OC. The number of carboxylic acid groups (broad SMARTS) is 1. The highest BCUT2D eigenvalue weighted by atomic mass is 16.5. The lowest BCUT2D eigenvalue weighted by molar-refractivity contribution is -0.141. The van der Waals surface area contributed by atoms with E-state index >= 15 is 0 Å². The molecule has 1 aromatic carbocycles. The highest BCUT2D eigenvalue weighted by Gasteiger charge is 2.37. The average molecular weight is 388 g/mol. The number of aromatic carboxylic acids is 1. The van der Waals surface area contributed by atoms with Crippen molar-refractivity contribution in [1.82, 2.24) is 0 Å². The summed E-state index contributed by atoms with van der Waals surface area (Å²) in [6.45, 7) is 0.255. The molecule has 1 aliphatic rings. The molecule has 2 aromatic rings. The van der Waals surface area contributed by atoms with E-state index in [1.165, 1.54) is 12.1 Å². The van der Waals surface area contributed by atoms with E-state index in [-0.39, 0.29) is 24.9 Å². The van der Waals surface area contributed by atoms with E-state index in [4.69, 9.17) is 19.3 Å². The number of benzene rings is 1. The Balaban J connectivity index is 1.80. The van der Waals surface area contributed by atoms with E-state index in [9.17, 15) is 14.4 Å². The van der Waals surface area contributed by atoms with Crippen LogP contribution in [0.15, 0.2) is 39.5 Å². The highest BCUT2D eigenvalue weighted by molar-refractivity contribution is 5.84. The molecule has 0 radical (unpaired) electrons. The van der Waals surface area contributed by atoms with Crippen LogP contribution in [0.5, 0.6) is 11.5 Å². The van der Waals surface area contributed by atoms with Gasteiger partial charge in [-0.05, 0) is 42.2 Å². The van der Waals surface area contributed by atoms with Crippen molar-refractivity contribution < 1.29 is 33.3 Å². The predicted octanol–water partition coefficient (Wildman–Crippen LogP) is 1.93. The van der Waals surface area contributed by atoms with Gasteiger partial charge in [-0.25, -0.2) is 9.59 Å². The molecule has 1 aromatic heterocycles. The lowest BCUT2D eigenvalue weighted by Gasteiger charge is -2.16. The molecule has 148 valence electrons. The smallest absolute Gasteiger partial charge is 0.371 e. The van der Waals surface area contributed by atoms with Crippen LogP contribution >= 0.6 is 0 Å². The third-order valence-electron chi connectivity index (χ3n) is 4.75. The van der Waals surface area contributed by atoms with Crippen molar-refractivity contribution in [1.29, 1.82) is 0 Å². The van der Waals surface area contributed by atoms with Crippen molar-refractivity contribution in [3.05, 3.63) is 57.6 Å². The number of methoxy groups -OCH3 is 2. The molecular formula is C20H20O8. The number of hydrogen-bond donors (Lipinski definition) is 1. The largest absolute Gasteiger partial charge is 0.493 e. The number of carbonyl (C=O) groups is 2. The third kappa shape index (κ3) is 4.16. The van der Waals surface area contributed by atoms with Crippen LogP contribution in [0.25, 0.3) is 0 Å². The standard InChI is InChI=1S/C20H20O8/c1-25-15-4-3-11(7-16(15)26-2)5-13-10-27-20(24)14(13)6-12-8-17(19(22)23)28-18(21)9-12/h3-4,7-9,13-14H,5-6,10H2,1-2H3,(H,22,23). The molecule has 0 saturated carbocycles. The third-order valence-corrected chi connectivity index (χ3v) is 4.75. The Labute approximate surface area is 160 Å². The quantitative estimate of drug-likeness (QED) is 0.716. The topological polar surface area (TPSA) is 112 Å². The Hall–Kier alpha value is -3.29. The second-order valence-electron chi connectivity index (χ2n) is 6.55. The Morgan fingerprint density at radius 2 is 1.82 bits per heavy atom. The summed E-state index contributed by atoms with van der Waals surface area (Å²) in [6.07, 6.45) is 0.757. The number of ether oxygens (including phenoxy) is 3. The number of carboxylic acids is 1. The normalized spacial score (nSPS) is 18.6. The van der Waals surface area contributed by atoms with E-state index in [0.717, 1.165) is 5.56 Å². The fourth-order valence-electron chi connectivity index (χ4n) is 3.37. The minimum absolute atomic E-state index is 0.119. The van der Waals surface area contributed by atoms with Crippen LogP contribution in [0.3, 0.4) is 0 Å². The molecule has 1 fully saturated rings. The summed E-state index contributed by atoms with van der Waals surface area (Å²) in [6, 6.07) is 8.00. The second-order valence-corrected chi connectivity index (χ2v) is 6.55. The molecule has 8 nitrogen and oxygen atoms in total.